The molecule has 0 saturated carbocycles. The lowest BCUT2D eigenvalue weighted by Gasteiger charge is -2.38. The predicted octanol–water partition coefficient (Wildman–Crippen LogP) is 4.98. The highest BCUT2D eigenvalue weighted by atomic mass is 33.1. The number of primary amides is 1. The standard InChI is InChI=1S/C54H59N15O8S2/c1-54(2,79-78-46-13-5-6-21-56-46)20-18-45(71)62-38(53(76)68-25-23-67(24-26-68)40-12-8-9-33-36(40)30-69(52(33)75)41-15-17-44(70)64-51(41)74)19-22-57-50(73)32-14-16-42(58-28-32)63-43-27-39(35(29-59-43)48(55)72)61-37-11-7-10-34(47(37)77-4)49-60-31-66(3)65-49/h5-14,16,21,27-29,31,38,41H,15,17-20,22-26,30H2,1-4H3,(H2,55,72)(H,57,73)(H,62,71)(H,64,70,74)(H2,58,59,61,63)/t38-,41?/m0/s1. The molecule has 2 aromatic carbocycles. The van der Waals surface area contributed by atoms with Crippen LogP contribution in [0.5, 0.6) is 5.75 Å². The Morgan fingerprint density at radius 2 is 1.67 bits per heavy atom. The second kappa shape index (κ2) is 24.4. The fourth-order valence-corrected chi connectivity index (χ4v) is 11.6. The summed E-state index contributed by atoms with van der Waals surface area (Å²) in [7, 11) is 6.42. The third-order valence-electron chi connectivity index (χ3n) is 13.6. The van der Waals surface area contributed by atoms with Gasteiger partial charge in [-0.3, -0.25) is 43.6 Å². The molecule has 6 aromatic rings. The number of carbonyl (C=O) groups is 7. The van der Waals surface area contributed by atoms with Crippen molar-refractivity contribution in [1.29, 1.82) is 0 Å². The molecule has 0 radical (unpaired) electrons. The number of nitrogens with one attached hydrogen (secondary N) is 5. The number of benzene rings is 2. The number of nitrogens with two attached hydrogens (primary N) is 1. The molecule has 410 valence electrons. The highest BCUT2D eigenvalue weighted by Crippen LogP contribution is 2.42. The number of amides is 7. The zero-order valence-electron chi connectivity index (χ0n) is 43.9. The van der Waals surface area contributed by atoms with E-state index in [2.05, 4.69) is 70.4 Å². The summed E-state index contributed by atoms with van der Waals surface area (Å²) in [4.78, 5) is 115. The Morgan fingerprint density at radius 3 is 2.38 bits per heavy atom. The molecule has 25 heteroatoms. The van der Waals surface area contributed by atoms with E-state index in [1.165, 1.54) is 35.2 Å². The van der Waals surface area contributed by atoms with Crippen molar-refractivity contribution in [2.45, 2.75) is 74.4 Å². The number of fused-ring (bicyclic) bond motifs is 1. The molecule has 2 fully saturated rings. The minimum absolute atomic E-state index is 0.0450. The highest BCUT2D eigenvalue weighted by molar-refractivity contribution is 8.77. The van der Waals surface area contributed by atoms with Crippen LogP contribution in [0.4, 0.5) is 28.7 Å². The van der Waals surface area contributed by atoms with Crippen LogP contribution in [0.25, 0.3) is 11.4 Å². The van der Waals surface area contributed by atoms with Crippen LogP contribution in [-0.2, 0) is 32.8 Å². The van der Waals surface area contributed by atoms with Gasteiger partial charge in [0, 0.05) is 105 Å². The molecule has 0 spiro atoms. The number of rotatable bonds is 21. The Hall–Kier alpha value is -8.58. The summed E-state index contributed by atoms with van der Waals surface area (Å²) in [5, 5.41) is 19.8. The van der Waals surface area contributed by atoms with Gasteiger partial charge in [-0.2, -0.15) is 5.10 Å². The third kappa shape index (κ3) is 13.2. The number of para-hydroxylation sites is 1. The molecule has 2 atom stereocenters. The van der Waals surface area contributed by atoms with Crippen LogP contribution >= 0.6 is 21.6 Å². The second-order valence-electron chi connectivity index (χ2n) is 19.6. The predicted molar refractivity (Wildman–Crippen MR) is 298 cm³/mol. The number of hydrogen-bond acceptors (Lipinski definition) is 18. The third-order valence-corrected chi connectivity index (χ3v) is 16.8. The van der Waals surface area contributed by atoms with E-state index < -0.39 is 29.8 Å². The van der Waals surface area contributed by atoms with Gasteiger partial charge in [-0.25, -0.2) is 19.9 Å². The van der Waals surface area contributed by atoms with Gasteiger partial charge in [-0.15, -0.1) is 0 Å². The first-order valence-electron chi connectivity index (χ1n) is 25.5. The lowest BCUT2D eigenvalue weighted by atomic mass is 10.0. The molecule has 7 N–H and O–H groups in total. The number of imide groups is 1. The Bertz CT molecular complexity index is 3280. The quantitative estimate of drug-likeness (QED) is 0.0409. The van der Waals surface area contributed by atoms with Gasteiger partial charge in [0.25, 0.3) is 17.7 Å². The summed E-state index contributed by atoms with van der Waals surface area (Å²) < 4.78 is 7.01. The molecule has 3 aliphatic rings. The van der Waals surface area contributed by atoms with Crippen LogP contribution in [0.1, 0.15) is 82.6 Å². The van der Waals surface area contributed by atoms with Gasteiger partial charge >= 0.3 is 0 Å². The minimum Gasteiger partial charge on any atom is -0.494 e. The monoisotopic (exact) mass is 1110 g/mol. The van der Waals surface area contributed by atoms with Crippen LogP contribution in [0.2, 0.25) is 0 Å². The Kier molecular flexibility index (Phi) is 17.0. The number of ether oxygens (including phenoxy) is 1. The van der Waals surface area contributed by atoms with Crippen molar-refractivity contribution in [3.05, 3.63) is 120 Å². The number of hydrogen-bond donors (Lipinski definition) is 6. The average molecular weight is 1110 g/mol. The first-order valence-corrected chi connectivity index (χ1v) is 27.7. The maximum Gasteiger partial charge on any atom is 0.255 e. The minimum atomic E-state index is -0.959. The molecule has 7 heterocycles. The van der Waals surface area contributed by atoms with Crippen molar-refractivity contribution in [2.24, 2.45) is 12.8 Å². The number of piperidine rings is 1. The number of anilines is 5. The molecule has 4 aromatic heterocycles. The zero-order valence-corrected chi connectivity index (χ0v) is 45.5. The topological polar surface area (TPSA) is 294 Å². The average Bonchev–Trinajstić information content (AvgIpc) is 4.17. The number of piperazine rings is 1. The SMILES string of the molecule is COc1c(Nc2cc(Nc3ccc(C(=O)NCC[C@H](NC(=O)CCC(C)(C)SSc4ccccn4)C(=O)N4CCN(c5cccc6c5CN(C5CCC(=O)NC5=O)C6=O)CC4)cn3)ncc2C(N)=O)cccc1-c1ncn(C)n1. The van der Waals surface area contributed by atoms with Gasteiger partial charge in [-0.1, -0.05) is 29.0 Å². The number of methoxy groups -OCH3 is 1. The summed E-state index contributed by atoms with van der Waals surface area (Å²) in [5.74, 6) is -1.33. The van der Waals surface area contributed by atoms with Crippen molar-refractivity contribution in [1.82, 2.24) is 55.5 Å². The van der Waals surface area contributed by atoms with E-state index in [0.29, 0.717) is 78.3 Å². The smallest absolute Gasteiger partial charge is 0.255 e. The molecule has 79 heavy (non-hydrogen) atoms. The molecule has 1 unspecified atom stereocenters. The lowest BCUT2D eigenvalue weighted by Crippen LogP contribution is -2.55. The van der Waals surface area contributed by atoms with Crippen LogP contribution in [0.3, 0.4) is 0 Å². The van der Waals surface area contributed by atoms with Crippen molar-refractivity contribution in [2.75, 3.05) is 55.4 Å². The molecular formula is C54H59N15O8S2. The maximum absolute atomic E-state index is 14.4. The van der Waals surface area contributed by atoms with Crippen molar-refractivity contribution >= 4 is 91.6 Å². The lowest BCUT2D eigenvalue weighted by molar-refractivity contribution is -0.137. The molecule has 0 bridgehead atoms. The second-order valence-corrected chi connectivity index (χ2v) is 22.4. The van der Waals surface area contributed by atoms with E-state index >= 15 is 0 Å². The summed E-state index contributed by atoms with van der Waals surface area (Å²) in [6.45, 7) is 5.88. The molecule has 0 aliphatic carbocycles. The van der Waals surface area contributed by atoms with Crippen LogP contribution < -0.4 is 42.0 Å². The summed E-state index contributed by atoms with van der Waals surface area (Å²) in [5.41, 5.74) is 9.67. The van der Waals surface area contributed by atoms with Gasteiger partial charge in [0.05, 0.1) is 35.2 Å². The van der Waals surface area contributed by atoms with Crippen molar-refractivity contribution in [3.63, 3.8) is 0 Å². The number of aromatic nitrogens is 6. The van der Waals surface area contributed by atoms with Gasteiger partial charge in [0.15, 0.2) is 11.6 Å². The van der Waals surface area contributed by atoms with Gasteiger partial charge < -0.3 is 46.4 Å². The number of nitrogens with zero attached hydrogens (tertiary/aromatic N) is 9. The fourth-order valence-electron chi connectivity index (χ4n) is 9.41. The van der Waals surface area contributed by atoms with E-state index in [-0.39, 0.29) is 78.3 Å². The first kappa shape index (κ1) is 55.2. The Morgan fingerprint density at radius 1 is 0.886 bits per heavy atom. The number of aryl methyl sites for hydroxylation is 1. The molecular weight excluding hydrogens is 1050 g/mol. The molecule has 9 rings (SSSR count). The largest absolute Gasteiger partial charge is 0.494 e. The normalized spacial score (nSPS) is 15.7. The van der Waals surface area contributed by atoms with Crippen molar-refractivity contribution < 1.29 is 38.3 Å². The van der Waals surface area contributed by atoms with Crippen LogP contribution in [-0.4, -0.2) is 138 Å². The molecule has 2 saturated heterocycles. The summed E-state index contributed by atoms with van der Waals surface area (Å²) in [6.07, 6.45) is 7.20. The van der Waals surface area contributed by atoms with Gasteiger partial charge in [0.2, 0.25) is 23.6 Å². The Balaban J connectivity index is 0.832. The van der Waals surface area contributed by atoms with Gasteiger partial charge in [0.1, 0.15) is 35.1 Å². The Labute approximate surface area is 463 Å². The molecule has 23 nitrogen and oxygen atoms in total. The fraction of sp³-hybridized carbons (Fsp3) is 0.333. The van der Waals surface area contributed by atoms with Crippen LogP contribution in [0, 0.1) is 0 Å². The zero-order chi connectivity index (χ0) is 55.8. The number of pyridine rings is 3. The van der Waals surface area contributed by atoms with E-state index in [4.69, 9.17) is 10.5 Å². The summed E-state index contributed by atoms with van der Waals surface area (Å²) >= 11 is 0. The molecule has 3 aliphatic heterocycles. The first-order chi connectivity index (χ1) is 38.0. The van der Waals surface area contributed by atoms with E-state index in [1.807, 2.05) is 30.3 Å². The van der Waals surface area contributed by atoms with Gasteiger partial charge in [-0.05, 0) is 92.4 Å². The van der Waals surface area contributed by atoms with E-state index in [9.17, 15) is 33.6 Å². The highest BCUT2D eigenvalue weighted by Gasteiger charge is 2.41. The van der Waals surface area contributed by atoms with E-state index in [0.717, 1.165) is 16.3 Å². The summed E-state index contributed by atoms with van der Waals surface area (Å²) in [6, 6.07) is 19.6. The molecule has 7 amide bonds. The van der Waals surface area contributed by atoms with E-state index in [1.54, 1.807) is 82.4 Å². The van der Waals surface area contributed by atoms with Crippen LogP contribution in [0.15, 0.2) is 103 Å². The number of carbonyl (C=O) groups excluding carboxylic acids is 7. The van der Waals surface area contributed by atoms with Crippen molar-refractivity contribution in [3.8, 4) is 17.1 Å². The maximum atomic E-state index is 14.4.